The van der Waals surface area contributed by atoms with Gasteiger partial charge in [-0.1, -0.05) is 47.0 Å². The minimum absolute atomic E-state index is 0.132. The molecule has 0 aliphatic carbocycles. The summed E-state index contributed by atoms with van der Waals surface area (Å²) >= 11 is 0. The number of nitrogens with two attached hydrogens (primary N) is 1. The molecular formula is C19H45N3O3Si. The van der Waals surface area contributed by atoms with E-state index in [1.165, 1.54) is 0 Å². The van der Waals surface area contributed by atoms with E-state index in [1.54, 1.807) is 0 Å². The van der Waals surface area contributed by atoms with Crippen molar-refractivity contribution in [3.8, 4) is 0 Å². The van der Waals surface area contributed by atoms with Gasteiger partial charge in [0.2, 0.25) is 0 Å². The SMILES string of the molecule is CCCCO[Si](OCCCC)(OCCCC)C(CC)NCCNCCN. The van der Waals surface area contributed by atoms with E-state index >= 15 is 0 Å². The van der Waals surface area contributed by atoms with E-state index in [2.05, 4.69) is 38.3 Å². The molecule has 0 aliphatic rings. The Labute approximate surface area is 163 Å². The molecule has 0 amide bonds. The highest BCUT2D eigenvalue weighted by molar-refractivity contribution is 6.62. The molecule has 0 fully saturated rings. The van der Waals surface area contributed by atoms with Gasteiger partial charge in [-0.25, -0.2) is 0 Å². The molecule has 6 nitrogen and oxygen atoms in total. The largest absolute Gasteiger partial charge is 0.518 e. The third-order valence-electron chi connectivity index (χ3n) is 4.25. The molecule has 26 heavy (non-hydrogen) atoms. The van der Waals surface area contributed by atoms with Crippen LogP contribution in [0.25, 0.3) is 0 Å². The second-order valence-electron chi connectivity index (χ2n) is 6.66. The highest BCUT2D eigenvalue weighted by Gasteiger charge is 2.48. The van der Waals surface area contributed by atoms with Gasteiger partial charge in [0, 0.05) is 46.0 Å². The molecule has 0 aromatic heterocycles. The van der Waals surface area contributed by atoms with Crippen molar-refractivity contribution in [2.75, 3.05) is 46.0 Å². The lowest BCUT2D eigenvalue weighted by Gasteiger charge is -2.36. The zero-order chi connectivity index (χ0) is 19.5. The second-order valence-corrected chi connectivity index (χ2v) is 9.43. The first-order valence-corrected chi connectivity index (χ1v) is 12.6. The van der Waals surface area contributed by atoms with Crippen molar-refractivity contribution in [3.05, 3.63) is 0 Å². The lowest BCUT2D eigenvalue weighted by molar-refractivity contribution is 0.0434. The Kier molecular flexibility index (Phi) is 18.3. The van der Waals surface area contributed by atoms with Gasteiger partial charge in [-0.2, -0.15) is 0 Å². The number of nitrogens with one attached hydrogen (secondary N) is 2. The van der Waals surface area contributed by atoms with Crippen LogP contribution in [0.2, 0.25) is 0 Å². The maximum absolute atomic E-state index is 6.39. The van der Waals surface area contributed by atoms with Crippen molar-refractivity contribution in [3.63, 3.8) is 0 Å². The summed E-state index contributed by atoms with van der Waals surface area (Å²) < 4.78 is 19.2. The summed E-state index contributed by atoms with van der Waals surface area (Å²) in [4.78, 5) is 0. The first-order chi connectivity index (χ1) is 12.7. The van der Waals surface area contributed by atoms with Crippen LogP contribution in [0.5, 0.6) is 0 Å². The Balaban J connectivity index is 4.98. The van der Waals surface area contributed by atoms with Gasteiger partial charge in [0.1, 0.15) is 0 Å². The molecule has 4 N–H and O–H groups in total. The molecule has 158 valence electrons. The van der Waals surface area contributed by atoms with Crippen LogP contribution >= 0.6 is 0 Å². The molecule has 0 rings (SSSR count). The van der Waals surface area contributed by atoms with Crippen molar-refractivity contribution in [2.45, 2.75) is 78.3 Å². The van der Waals surface area contributed by atoms with Gasteiger partial charge < -0.3 is 29.6 Å². The smallest absolute Gasteiger partial charge is 0.373 e. The van der Waals surface area contributed by atoms with Crippen molar-refractivity contribution in [1.82, 2.24) is 10.6 Å². The molecule has 0 saturated carbocycles. The molecule has 0 bridgehead atoms. The molecule has 0 heterocycles. The van der Waals surface area contributed by atoms with Gasteiger partial charge in [-0.3, -0.25) is 0 Å². The average molecular weight is 392 g/mol. The van der Waals surface area contributed by atoms with Gasteiger partial charge in [0.15, 0.2) is 0 Å². The Bertz CT molecular complexity index is 273. The van der Waals surface area contributed by atoms with Gasteiger partial charge >= 0.3 is 8.80 Å². The molecule has 0 aliphatic heterocycles. The Morgan fingerprint density at radius 2 is 1.27 bits per heavy atom. The van der Waals surface area contributed by atoms with Crippen LogP contribution in [0.3, 0.4) is 0 Å². The third-order valence-corrected chi connectivity index (χ3v) is 7.54. The molecule has 0 spiro atoms. The summed E-state index contributed by atoms with van der Waals surface area (Å²) in [7, 11) is -2.77. The van der Waals surface area contributed by atoms with Crippen LogP contribution in [-0.2, 0) is 13.3 Å². The summed E-state index contributed by atoms with van der Waals surface area (Å²) in [5, 5.41) is 6.96. The minimum atomic E-state index is -2.77. The average Bonchev–Trinajstić information content (AvgIpc) is 2.65. The van der Waals surface area contributed by atoms with Crippen LogP contribution in [-0.4, -0.2) is 60.5 Å². The van der Waals surface area contributed by atoms with Crippen LogP contribution in [0.1, 0.15) is 72.6 Å². The first-order valence-electron chi connectivity index (χ1n) is 10.8. The van der Waals surface area contributed by atoms with Gasteiger partial charge in [-0.05, 0) is 25.7 Å². The third kappa shape index (κ3) is 11.6. The fraction of sp³-hybridized carbons (Fsp3) is 1.00. The fourth-order valence-corrected chi connectivity index (χ4v) is 5.62. The summed E-state index contributed by atoms with van der Waals surface area (Å²) in [6, 6.07) is 0. The number of unbranched alkanes of at least 4 members (excludes halogenated alkanes) is 3. The second kappa shape index (κ2) is 18.3. The van der Waals surface area contributed by atoms with Crippen molar-refractivity contribution in [2.24, 2.45) is 5.73 Å². The molecule has 7 heteroatoms. The van der Waals surface area contributed by atoms with E-state index in [0.29, 0.717) is 26.4 Å². The maximum atomic E-state index is 6.39. The summed E-state index contributed by atoms with van der Waals surface area (Å²) in [6.45, 7) is 14.1. The van der Waals surface area contributed by atoms with E-state index < -0.39 is 8.80 Å². The predicted molar refractivity (Wildman–Crippen MR) is 112 cm³/mol. The minimum Gasteiger partial charge on any atom is -0.373 e. The lowest BCUT2D eigenvalue weighted by atomic mass is 10.4. The molecule has 1 unspecified atom stereocenters. The van der Waals surface area contributed by atoms with E-state index in [-0.39, 0.29) is 5.67 Å². The van der Waals surface area contributed by atoms with Crippen molar-refractivity contribution >= 4 is 8.80 Å². The molecular weight excluding hydrogens is 346 g/mol. The number of hydrogen-bond acceptors (Lipinski definition) is 6. The van der Waals surface area contributed by atoms with Crippen LogP contribution in [0.15, 0.2) is 0 Å². The standard InChI is InChI=1S/C19H45N3O3Si/c1-5-9-16-23-26(24-17-10-6-2,25-18-11-7-3)19(8-4)22-15-14-21-13-12-20/h19,21-22H,5-18,20H2,1-4H3. The number of rotatable bonds is 20. The molecule has 0 aromatic rings. The summed E-state index contributed by atoms with van der Waals surface area (Å²) in [6.07, 6.45) is 7.39. The zero-order valence-corrected chi connectivity index (χ0v) is 18.8. The number of hydrogen-bond donors (Lipinski definition) is 3. The maximum Gasteiger partial charge on any atom is 0.518 e. The quantitative estimate of drug-likeness (QED) is 0.219. The lowest BCUT2D eigenvalue weighted by Crippen LogP contribution is -2.62. The van der Waals surface area contributed by atoms with Gasteiger partial charge in [0.25, 0.3) is 0 Å². The molecule has 1 atom stereocenters. The Morgan fingerprint density at radius 3 is 1.65 bits per heavy atom. The molecule has 0 saturated heterocycles. The normalized spacial score (nSPS) is 13.3. The Hall–Kier alpha value is -0.0231. The van der Waals surface area contributed by atoms with Gasteiger partial charge in [0.05, 0.1) is 5.67 Å². The van der Waals surface area contributed by atoms with Gasteiger partial charge in [-0.15, -0.1) is 0 Å². The van der Waals surface area contributed by atoms with Crippen molar-refractivity contribution < 1.29 is 13.3 Å². The van der Waals surface area contributed by atoms with E-state index in [0.717, 1.165) is 64.6 Å². The van der Waals surface area contributed by atoms with Crippen molar-refractivity contribution in [1.29, 1.82) is 0 Å². The molecule has 0 radical (unpaired) electrons. The van der Waals surface area contributed by atoms with E-state index in [9.17, 15) is 0 Å². The van der Waals surface area contributed by atoms with Crippen LogP contribution in [0.4, 0.5) is 0 Å². The monoisotopic (exact) mass is 391 g/mol. The first kappa shape index (κ1) is 26.0. The highest BCUT2D eigenvalue weighted by atomic mass is 28.4. The van der Waals surface area contributed by atoms with E-state index in [4.69, 9.17) is 19.0 Å². The Morgan fingerprint density at radius 1 is 0.769 bits per heavy atom. The summed E-state index contributed by atoms with van der Waals surface area (Å²) in [5.41, 5.74) is 5.67. The van der Waals surface area contributed by atoms with E-state index in [1.807, 2.05) is 0 Å². The topological polar surface area (TPSA) is 77.8 Å². The van der Waals surface area contributed by atoms with Crippen LogP contribution < -0.4 is 16.4 Å². The highest BCUT2D eigenvalue weighted by Crippen LogP contribution is 2.20. The summed E-state index contributed by atoms with van der Waals surface area (Å²) in [5.74, 6) is 0. The molecule has 0 aromatic carbocycles. The fourth-order valence-electron chi connectivity index (χ4n) is 2.58. The van der Waals surface area contributed by atoms with Crippen LogP contribution in [0, 0.1) is 0 Å². The predicted octanol–water partition coefficient (Wildman–Crippen LogP) is 2.83. The zero-order valence-electron chi connectivity index (χ0n) is 17.8.